The first-order valence-corrected chi connectivity index (χ1v) is 9.37. The van der Waals surface area contributed by atoms with Crippen molar-refractivity contribution in [1.29, 1.82) is 0 Å². The van der Waals surface area contributed by atoms with E-state index in [-0.39, 0.29) is 5.91 Å². The zero-order chi connectivity index (χ0) is 16.8. The number of nitrogens with zero attached hydrogens (tertiary/aromatic N) is 3. The number of aryl methyl sites for hydroxylation is 2. The van der Waals surface area contributed by atoms with E-state index in [4.69, 9.17) is 0 Å². The molecule has 1 aliphatic heterocycles. The number of nitrogens with one attached hydrogen (secondary N) is 1. The number of rotatable bonds is 7. The highest BCUT2D eigenvalue weighted by atomic mass is 32.1. The van der Waals surface area contributed by atoms with Crippen LogP contribution >= 0.6 is 11.3 Å². The van der Waals surface area contributed by atoms with Gasteiger partial charge in [0, 0.05) is 29.7 Å². The van der Waals surface area contributed by atoms with Gasteiger partial charge in [0.2, 0.25) is 5.91 Å². The van der Waals surface area contributed by atoms with Crippen molar-refractivity contribution in [3.05, 3.63) is 46.2 Å². The van der Waals surface area contributed by atoms with Gasteiger partial charge in [0.25, 0.3) is 0 Å². The molecule has 0 spiro atoms. The number of hydrogen-bond acceptors (Lipinski definition) is 5. The average Bonchev–Trinajstić information content (AvgIpc) is 3.25. The van der Waals surface area contributed by atoms with Crippen LogP contribution in [0, 0.1) is 12.8 Å². The fraction of sp³-hybridized carbons (Fsp3) is 0.500. The fourth-order valence-corrected chi connectivity index (χ4v) is 3.82. The van der Waals surface area contributed by atoms with E-state index in [0.29, 0.717) is 25.3 Å². The van der Waals surface area contributed by atoms with Crippen molar-refractivity contribution in [3.8, 4) is 0 Å². The molecule has 0 aliphatic carbocycles. The lowest BCUT2D eigenvalue weighted by Gasteiger charge is -2.25. The van der Waals surface area contributed by atoms with Crippen LogP contribution < -0.4 is 5.32 Å². The molecule has 1 saturated heterocycles. The zero-order valence-corrected chi connectivity index (χ0v) is 14.9. The summed E-state index contributed by atoms with van der Waals surface area (Å²) in [6.45, 7) is 5.57. The summed E-state index contributed by atoms with van der Waals surface area (Å²) in [5.41, 5.74) is 3.87. The minimum atomic E-state index is 0.209. The van der Waals surface area contributed by atoms with Crippen LogP contribution in [0.4, 0.5) is 0 Å². The number of pyridine rings is 1. The number of carbonyl (C=O) groups is 1. The van der Waals surface area contributed by atoms with Gasteiger partial charge in [-0.1, -0.05) is 6.07 Å². The molecule has 128 valence electrons. The van der Waals surface area contributed by atoms with Crippen LogP contribution in [-0.4, -0.2) is 40.4 Å². The molecule has 24 heavy (non-hydrogen) atoms. The highest BCUT2D eigenvalue weighted by Gasteiger charge is 2.22. The van der Waals surface area contributed by atoms with Crippen molar-refractivity contribution in [2.75, 3.05) is 19.6 Å². The van der Waals surface area contributed by atoms with E-state index in [1.54, 1.807) is 17.5 Å². The molecule has 0 aromatic carbocycles. The van der Waals surface area contributed by atoms with Crippen LogP contribution in [0.15, 0.2) is 29.9 Å². The van der Waals surface area contributed by atoms with E-state index in [2.05, 4.69) is 15.3 Å². The topological polar surface area (TPSA) is 58.1 Å². The van der Waals surface area contributed by atoms with Gasteiger partial charge in [-0.3, -0.25) is 9.78 Å². The van der Waals surface area contributed by atoms with Gasteiger partial charge < -0.3 is 10.2 Å². The Hall–Kier alpha value is -1.79. The Morgan fingerprint density at radius 3 is 3.00 bits per heavy atom. The monoisotopic (exact) mass is 344 g/mol. The maximum Gasteiger partial charge on any atom is 0.223 e. The largest absolute Gasteiger partial charge is 0.337 e. The first-order chi connectivity index (χ1) is 11.7. The molecular weight excluding hydrogens is 320 g/mol. The second-order valence-electron chi connectivity index (χ2n) is 6.32. The normalized spacial score (nSPS) is 17.1. The molecule has 6 heteroatoms. The Morgan fingerprint density at radius 1 is 1.42 bits per heavy atom. The van der Waals surface area contributed by atoms with Crippen LogP contribution in [0.1, 0.15) is 29.1 Å². The SMILES string of the molecule is Cc1ncsc1CN(C[C@@H]1CCNC1)C(=O)CCc1ccccn1. The minimum Gasteiger partial charge on any atom is -0.337 e. The van der Waals surface area contributed by atoms with Gasteiger partial charge in [-0.25, -0.2) is 4.98 Å². The molecule has 0 bridgehead atoms. The van der Waals surface area contributed by atoms with Crippen molar-refractivity contribution in [1.82, 2.24) is 20.2 Å². The van der Waals surface area contributed by atoms with Crippen LogP contribution in [0.5, 0.6) is 0 Å². The summed E-state index contributed by atoms with van der Waals surface area (Å²) in [7, 11) is 0. The smallest absolute Gasteiger partial charge is 0.223 e. The molecule has 1 atom stereocenters. The molecule has 2 aromatic heterocycles. The number of carbonyl (C=O) groups excluding carboxylic acids is 1. The highest BCUT2D eigenvalue weighted by Crippen LogP contribution is 2.19. The van der Waals surface area contributed by atoms with Gasteiger partial charge in [0.15, 0.2) is 0 Å². The van der Waals surface area contributed by atoms with Crippen molar-refractivity contribution in [2.45, 2.75) is 32.7 Å². The maximum atomic E-state index is 12.8. The van der Waals surface area contributed by atoms with Crippen molar-refractivity contribution < 1.29 is 4.79 Å². The van der Waals surface area contributed by atoms with Crippen LogP contribution in [-0.2, 0) is 17.8 Å². The Balaban J connectivity index is 1.63. The molecule has 0 radical (unpaired) electrons. The van der Waals surface area contributed by atoms with E-state index in [1.807, 2.05) is 35.5 Å². The molecule has 3 heterocycles. The predicted molar refractivity (Wildman–Crippen MR) is 95.8 cm³/mol. The zero-order valence-electron chi connectivity index (χ0n) is 14.1. The van der Waals surface area contributed by atoms with Crippen LogP contribution in [0.3, 0.4) is 0 Å². The van der Waals surface area contributed by atoms with E-state index >= 15 is 0 Å². The Kier molecular flexibility index (Phi) is 5.93. The van der Waals surface area contributed by atoms with Crippen molar-refractivity contribution in [3.63, 3.8) is 0 Å². The standard InChI is InChI=1S/C18H24N4OS/c1-14-17(24-13-21-14)12-22(11-15-7-9-19-10-15)18(23)6-5-16-4-2-3-8-20-16/h2-4,8,13,15,19H,5-7,9-12H2,1H3/t15-/m1/s1. The number of amides is 1. The van der Waals surface area contributed by atoms with Crippen LogP contribution in [0.25, 0.3) is 0 Å². The average molecular weight is 344 g/mol. The van der Waals surface area contributed by atoms with Crippen LogP contribution in [0.2, 0.25) is 0 Å². The Morgan fingerprint density at radius 2 is 2.33 bits per heavy atom. The van der Waals surface area contributed by atoms with Gasteiger partial charge >= 0.3 is 0 Å². The van der Waals surface area contributed by atoms with Gasteiger partial charge in [-0.2, -0.15) is 0 Å². The number of thiazole rings is 1. The van der Waals surface area contributed by atoms with Gasteiger partial charge in [-0.15, -0.1) is 11.3 Å². The first-order valence-electron chi connectivity index (χ1n) is 8.49. The second-order valence-corrected chi connectivity index (χ2v) is 7.25. The lowest BCUT2D eigenvalue weighted by molar-refractivity contribution is -0.132. The lowest BCUT2D eigenvalue weighted by atomic mass is 10.1. The summed E-state index contributed by atoms with van der Waals surface area (Å²) in [6.07, 6.45) is 4.13. The molecule has 5 nitrogen and oxygen atoms in total. The summed E-state index contributed by atoms with van der Waals surface area (Å²) in [6, 6.07) is 5.85. The molecule has 0 unspecified atom stereocenters. The summed E-state index contributed by atoms with van der Waals surface area (Å²) < 4.78 is 0. The Labute approximate surface area is 147 Å². The molecule has 2 aromatic rings. The fourth-order valence-electron chi connectivity index (χ4n) is 3.03. The third-order valence-electron chi connectivity index (χ3n) is 4.49. The molecule has 1 aliphatic rings. The highest BCUT2D eigenvalue weighted by molar-refractivity contribution is 7.09. The predicted octanol–water partition coefficient (Wildman–Crippen LogP) is 2.42. The van der Waals surface area contributed by atoms with Crippen molar-refractivity contribution >= 4 is 17.2 Å². The summed E-state index contributed by atoms with van der Waals surface area (Å²) in [4.78, 5) is 24.6. The molecule has 1 N–H and O–H groups in total. The molecule has 1 fully saturated rings. The summed E-state index contributed by atoms with van der Waals surface area (Å²) in [5, 5.41) is 3.39. The second kappa shape index (κ2) is 8.35. The van der Waals surface area contributed by atoms with E-state index in [1.165, 1.54) is 4.88 Å². The molecule has 0 saturated carbocycles. The van der Waals surface area contributed by atoms with Gasteiger partial charge in [0.05, 0.1) is 17.7 Å². The van der Waals surface area contributed by atoms with E-state index < -0.39 is 0 Å². The van der Waals surface area contributed by atoms with Gasteiger partial charge in [-0.05, 0) is 50.9 Å². The molecular formula is C18H24N4OS. The lowest BCUT2D eigenvalue weighted by Crippen LogP contribution is -2.35. The third-order valence-corrected chi connectivity index (χ3v) is 5.41. The van der Waals surface area contributed by atoms with Gasteiger partial charge in [0.1, 0.15) is 0 Å². The molecule has 3 rings (SSSR count). The number of hydrogen-bond donors (Lipinski definition) is 1. The summed E-state index contributed by atoms with van der Waals surface area (Å²) >= 11 is 1.63. The first kappa shape index (κ1) is 17.0. The maximum absolute atomic E-state index is 12.8. The third kappa shape index (κ3) is 4.61. The van der Waals surface area contributed by atoms with E-state index in [0.717, 1.165) is 37.4 Å². The van der Waals surface area contributed by atoms with Crippen molar-refractivity contribution in [2.24, 2.45) is 5.92 Å². The summed E-state index contributed by atoms with van der Waals surface area (Å²) in [5.74, 6) is 0.761. The Bertz CT molecular complexity index is 652. The minimum absolute atomic E-state index is 0.209. The molecule has 1 amide bonds. The number of aromatic nitrogens is 2. The quantitative estimate of drug-likeness (QED) is 0.838. The van der Waals surface area contributed by atoms with E-state index in [9.17, 15) is 4.79 Å².